The maximum Gasteiger partial charge on any atom is 0.0338 e. The van der Waals surface area contributed by atoms with Crippen LogP contribution in [0.3, 0.4) is 0 Å². The largest absolute Gasteiger partial charge is 0.123 e. The summed E-state index contributed by atoms with van der Waals surface area (Å²) in [5.74, 6) is 1.67. The Hall–Kier alpha value is 0.290. The lowest BCUT2D eigenvalue weighted by Crippen LogP contribution is -2.13. The molecule has 1 saturated carbocycles. The summed E-state index contributed by atoms with van der Waals surface area (Å²) >= 11 is 5.98. The molecule has 3 unspecified atom stereocenters. The molecule has 0 heterocycles. The second-order valence-corrected chi connectivity index (χ2v) is 3.94. The van der Waals surface area contributed by atoms with E-state index in [1.165, 1.54) is 19.3 Å². The quantitative estimate of drug-likeness (QED) is 0.499. The van der Waals surface area contributed by atoms with Crippen molar-refractivity contribution in [2.75, 3.05) is 0 Å². The van der Waals surface area contributed by atoms with Gasteiger partial charge in [-0.3, -0.25) is 0 Å². The van der Waals surface area contributed by atoms with E-state index >= 15 is 0 Å². The molecule has 9 heavy (non-hydrogen) atoms. The summed E-state index contributed by atoms with van der Waals surface area (Å²) in [4.78, 5) is 0. The zero-order valence-electron chi connectivity index (χ0n) is 6.23. The third-order valence-corrected chi connectivity index (χ3v) is 2.84. The molecule has 0 radical (unpaired) electrons. The monoisotopic (exact) mass is 146 g/mol. The van der Waals surface area contributed by atoms with Crippen molar-refractivity contribution in [3.8, 4) is 0 Å². The fourth-order valence-electron chi connectivity index (χ4n) is 1.86. The van der Waals surface area contributed by atoms with Gasteiger partial charge in [0.15, 0.2) is 0 Å². The molecule has 1 rings (SSSR count). The van der Waals surface area contributed by atoms with Gasteiger partial charge in [0.2, 0.25) is 0 Å². The van der Waals surface area contributed by atoms with Gasteiger partial charge in [0.25, 0.3) is 0 Å². The molecular weight excluding hydrogens is 132 g/mol. The maximum absolute atomic E-state index is 5.98. The Kier molecular flexibility index (Phi) is 2.40. The summed E-state index contributed by atoms with van der Waals surface area (Å²) < 4.78 is 0. The molecule has 54 valence electrons. The van der Waals surface area contributed by atoms with E-state index < -0.39 is 0 Å². The van der Waals surface area contributed by atoms with E-state index in [1.807, 2.05) is 0 Å². The normalized spacial score (nSPS) is 39.0. The van der Waals surface area contributed by atoms with Crippen molar-refractivity contribution in [1.82, 2.24) is 0 Å². The minimum absolute atomic E-state index is 0.391. The van der Waals surface area contributed by atoms with Gasteiger partial charge in [0.1, 0.15) is 0 Å². The molecule has 1 fully saturated rings. The van der Waals surface area contributed by atoms with Gasteiger partial charge in [0, 0.05) is 5.38 Å². The first kappa shape index (κ1) is 7.40. The molecule has 0 aliphatic heterocycles. The summed E-state index contributed by atoms with van der Waals surface area (Å²) in [6.45, 7) is 4.44. The highest BCUT2D eigenvalue weighted by Gasteiger charge is 2.26. The molecule has 0 amide bonds. The molecule has 0 nitrogen and oxygen atoms in total. The summed E-state index contributed by atoms with van der Waals surface area (Å²) in [6.07, 6.45) is 4.14. The van der Waals surface area contributed by atoms with E-state index in [1.54, 1.807) is 0 Å². The van der Waals surface area contributed by atoms with Crippen LogP contribution >= 0.6 is 11.6 Å². The highest BCUT2D eigenvalue weighted by atomic mass is 35.5. The molecule has 3 atom stereocenters. The number of rotatable bonds is 1. The van der Waals surface area contributed by atoms with Crippen molar-refractivity contribution in [3.05, 3.63) is 0 Å². The Labute approximate surface area is 62.6 Å². The van der Waals surface area contributed by atoms with Crippen LogP contribution in [0, 0.1) is 11.8 Å². The summed E-state index contributed by atoms with van der Waals surface area (Å²) in [6, 6.07) is 0. The van der Waals surface area contributed by atoms with E-state index in [0.717, 1.165) is 11.8 Å². The first-order valence-electron chi connectivity index (χ1n) is 3.86. The van der Waals surface area contributed by atoms with Crippen molar-refractivity contribution < 1.29 is 0 Å². The highest BCUT2D eigenvalue weighted by Crippen LogP contribution is 2.35. The van der Waals surface area contributed by atoms with E-state index in [-0.39, 0.29) is 0 Å². The van der Waals surface area contributed by atoms with Crippen LogP contribution in [0.2, 0.25) is 0 Å². The Morgan fingerprint density at radius 2 is 2.11 bits per heavy atom. The third-order valence-electron chi connectivity index (χ3n) is 2.52. The molecule has 0 aromatic heterocycles. The molecule has 0 aromatic rings. The first-order chi connectivity index (χ1) is 4.22. The molecule has 1 aliphatic carbocycles. The smallest absolute Gasteiger partial charge is 0.0338 e. The minimum Gasteiger partial charge on any atom is -0.123 e. The molecule has 0 bridgehead atoms. The average molecular weight is 147 g/mol. The number of hydrogen-bond donors (Lipinski definition) is 0. The van der Waals surface area contributed by atoms with Gasteiger partial charge in [-0.15, -0.1) is 11.6 Å². The number of hydrogen-bond acceptors (Lipinski definition) is 0. The van der Waals surface area contributed by atoms with Crippen LogP contribution in [0.25, 0.3) is 0 Å². The SMILES string of the molecule is CC(Cl)C1CCCC1C. The Bertz CT molecular complexity index is 88.6. The topological polar surface area (TPSA) is 0 Å². The lowest BCUT2D eigenvalue weighted by Gasteiger charge is -2.16. The van der Waals surface area contributed by atoms with Gasteiger partial charge in [-0.2, -0.15) is 0 Å². The molecule has 0 saturated heterocycles. The van der Waals surface area contributed by atoms with Crippen LogP contribution in [0.1, 0.15) is 33.1 Å². The Morgan fingerprint density at radius 3 is 2.33 bits per heavy atom. The molecule has 1 heteroatoms. The predicted molar refractivity (Wildman–Crippen MR) is 41.8 cm³/mol. The fraction of sp³-hybridized carbons (Fsp3) is 1.00. The van der Waals surface area contributed by atoms with E-state index in [9.17, 15) is 0 Å². The zero-order chi connectivity index (χ0) is 6.85. The van der Waals surface area contributed by atoms with Crippen LogP contribution in [0.5, 0.6) is 0 Å². The van der Waals surface area contributed by atoms with Crippen LogP contribution in [0.15, 0.2) is 0 Å². The zero-order valence-corrected chi connectivity index (χ0v) is 6.99. The average Bonchev–Trinajstić information content (AvgIpc) is 2.13. The van der Waals surface area contributed by atoms with Gasteiger partial charge in [0.05, 0.1) is 0 Å². The van der Waals surface area contributed by atoms with Gasteiger partial charge < -0.3 is 0 Å². The number of alkyl halides is 1. The summed E-state index contributed by atoms with van der Waals surface area (Å²) in [5.41, 5.74) is 0. The Balaban J connectivity index is 2.40. The van der Waals surface area contributed by atoms with Gasteiger partial charge >= 0.3 is 0 Å². The van der Waals surface area contributed by atoms with Crippen molar-refractivity contribution >= 4 is 11.6 Å². The molecular formula is C8H15Cl. The summed E-state index contributed by atoms with van der Waals surface area (Å²) in [5, 5.41) is 0.391. The van der Waals surface area contributed by atoms with E-state index in [2.05, 4.69) is 13.8 Å². The van der Waals surface area contributed by atoms with Crippen LogP contribution in [-0.4, -0.2) is 5.38 Å². The highest BCUT2D eigenvalue weighted by molar-refractivity contribution is 6.20. The van der Waals surface area contributed by atoms with Crippen molar-refractivity contribution in [2.45, 2.75) is 38.5 Å². The number of halogens is 1. The van der Waals surface area contributed by atoms with Gasteiger partial charge in [-0.25, -0.2) is 0 Å². The van der Waals surface area contributed by atoms with Crippen molar-refractivity contribution in [1.29, 1.82) is 0 Å². The molecule has 0 N–H and O–H groups in total. The van der Waals surface area contributed by atoms with Crippen LogP contribution < -0.4 is 0 Å². The molecule has 0 spiro atoms. The van der Waals surface area contributed by atoms with E-state index in [4.69, 9.17) is 11.6 Å². The van der Waals surface area contributed by atoms with E-state index in [0.29, 0.717) is 5.38 Å². The Morgan fingerprint density at radius 1 is 1.44 bits per heavy atom. The molecule has 1 aliphatic rings. The van der Waals surface area contributed by atoms with Gasteiger partial charge in [-0.05, 0) is 25.2 Å². The molecule has 0 aromatic carbocycles. The van der Waals surface area contributed by atoms with Gasteiger partial charge in [-0.1, -0.05) is 19.8 Å². The lowest BCUT2D eigenvalue weighted by atomic mass is 9.95. The fourth-order valence-corrected chi connectivity index (χ4v) is 2.23. The first-order valence-corrected chi connectivity index (χ1v) is 4.29. The predicted octanol–water partition coefficient (Wildman–Crippen LogP) is 3.05. The second kappa shape index (κ2) is 2.92. The van der Waals surface area contributed by atoms with Crippen molar-refractivity contribution in [3.63, 3.8) is 0 Å². The van der Waals surface area contributed by atoms with Crippen LogP contribution in [-0.2, 0) is 0 Å². The van der Waals surface area contributed by atoms with Crippen LogP contribution in [0.4, 0.5) is 0 Å². The standard InChI is InChI=1S/C8H15Cl/c1-6-4-3-5-8(6)7(2)9/h6-8H,3-5H2,1-2H3. The van der Waals surface area contributed by atoms with Crippen molar-refractivity contribution in [2.24, 2.45) is 11.8 Å². The second-order valence-electron chi connectivity index (χ2n) is 3.25. The maximum atomic E-state index is 5.98. The minimum atomic E-state index is 0.391. The third kappa shape index (κ3) is 1.61. The summed E-state index contributed by atoms with van der Waals surface area (Å²) in [7, 11) is 0. The lowest BCUT2D eigenvalue weighted by molar-refractivity contribution is 0.413.